The van der Waals surface area contributed by atoms with Crippen LogP contribution in [0.5, 0.6) is 5.75 Å². The molecule has 1 atom stereocenters. The lowest BCUT2D eigenvalue weighted by molar-refractivity contribution is -0.117. The number of rotatable bonds is 8. The molecule has 0 aliphatic heterocycles. The maximum atomic E-state index is 11.2. The van der Waals surface area contributed by atoms with Crippen molar-refractivity contribution in [2.75, 3.05) is 6.61 Å². The van der Waals surface area contributed by atoms with Crippen LogP contribution < -0.4 is 4.74 Å². The lowest BCUT2D eigenvalue weighted by Crippen LogP contribution is -2.06. The van der Waals surface area contributed by atoms with E-state index < -0.39 is 0 Å². The van der Waals surface area contributed by atoms with E-state index in [0.717, 1.165) is 24.8 Å². The fourth-order valence-electron chi connectivity index (χ4n) is 2.20. The molecule has 1 aromatic rings. The third kappa shape index (κ3) is 4.99. The van der Waals surface area contributed by atoms with Gasteiger partial charge in [-0.1, -0.05) is 37.0 Å². The first-order valence-electron chi connectivity index (χ1n) is 7.10. The zero-order valence-corrected chi connectivity index (χ0v) is 13.9. The van der Waals surface area contributed by atoms with Crippen LogP contribution in [0.15, 0.2) is 12.1 Å². The normalized spacial score (nSPS) is 12.2. The predicted octanol–water partition coefficient (Wildman–Crippen LogP) is 5.65. The third-order valence-electron chi connectivity index (χ3n) is 3.27. The van der Waals surface area contributed by atoms with Crippen LogP contribution in [0.3, 0.4) is 0 Å². The van der Waals surface area contributed by atoms with Crippen molar-refractivity contribution >= 4 is 29.0 Å². The van der Waals surface area contributed by atoms with Gasteiger partial charge in [-0.25, -0.2) is 0 Å². The van der Waals surface area contributed by atoms with E-state index in [-0.39, 0.29) is 11.7 Å². The molecule has 0 saturated carbocycles. The van der Waals surface area contributed by atoms with E-state index in [0.29, 0.717) is 28.8 Å². The van der Waals surface area contributed by atoms with Crippen molar-refractivity contribution in [3.05, 3.63) is 27.7 Å². The maximum absolute atomic E-state index is 11.2. The van der Waals surface area contributed by atoms with Gasteiger partial charge in [-0.05, 0) is 44.2 Å². The summed E-state index contributed by atoms with van der Waals surface area (Å²) in [5, 5.41) is 1.15. The summed E-state index contributed by atoms with van der Waals surface area (Å²) in [6.45, 7) is 6.39. The second-order valence-corrected chi connectivity index (χ2v) is 5.84. The van der Waals surface area contributed by atoms with E-state index >= 15 is 0 Å². The minimum Gasteiger partial charge on any atom is -0.492 e. The molecule has 4 heteroatoms. The zero-order valence-electron chi connectivity index (χ0n) is 12.3. The summed E-state index contributed by atoms with van der Waals surface area (Å²) >= 11 is 12.4. The van der Waals surface area contributed by atoms with Crippen molar-refractivity contribution < 1.29 is 9.53 Å². The van der Waals surface area contributed by atoms with Crippen molar-refractivity contribution in [1.82, 2.24) is 0 Å². The first kappa shape index (κ1) is 17.3. The number of hydrogen-bond acceptors (Lipinski definition) is 2. The average Bonchev–Trinajstić information content (AvgIpc) is 2.38. The van der Waals surface area contributed by atoms with Gasteiger partial charge < -0.3 is 9.53 Å². The zero-order chi connectivity index (χ0) is 15.1. The van der Waals surface area contributed by atoms with E-state index in [1.54, 1.807) is 13.0 Å². The Balaban J connectivity index is 3.07. The van der Waals surface area contributed by atoms with Crippen molar-refractivity contribution in [3.8, 4) is 5.75 Å². The Morgan fingerprint density at radius 1 is 1.30 bits per heavy atom. The summed E-state index contributed by atoms with van der Waals surface area (Å²) in [5.74, 6) is 1.16. The predicted molar refractivity (Wildman–Crippen MR) is 85.2 cm³/mol. The van der Waals surface area contributed by atoms with Crippen molar-refractivity contribution in [1.29, 1.82) is 0 Å². The molecule has 0 N–H and O–H groups in total. The average molecular weight is 317 g/mol. The van der Waals surface area contributed by atoms with E-state index in [9.17, 15) is 4.79 Å². The van der Waals surface area contributed by atoms with Gasteiger partial charge in [0.1, 0.15) is 11.5 Å². The summed E-state index contributed by atoms with van der Waals surface area (Å²) in [7, 11) is 0. The summed E-state index contributed by atoms with van der Waals surface area (Å²) in [4.78, 5) is 11.2. The number of carbonyl (C=O) groups excluding carboxylic acids is 1. The smallest absolute Gasteiger partial charge is 0.141 e. The van der Waals surface area contributed by atoms with E-state index in [1.807, 2.05) is 6.07 Å². The standard InChI is InChI=1S/C16H22Cl2O2/c1-4-8-20-16-14(9-13(17)10-15(16)18)12(5-2)7-6-11(3)19/h9-10,12H,4-8H2,1-3H3. The molecule has 0 saturated heterocycles. The molecule has 0 radical (unpaired) electrons. The molecule has 0 aliphatic rings. The molecule has 1 unspecified atom stereocenters. The van der Waals surface area contributed by atoms with Gasteiger partial charge in [0, 0.05) is 17.0 Å². The number of Topliss-reactive ketones (excluding diaryl/α,β-unsaturated/α-hetero) is 1. The third-order valence-corrected chi connectivity index (χ3v) is 3.76. The molecule has 0 aliphatic carbocycles. The van der Waals surface area contributed by atoms with Crippen LogP contribution >= 0.6 is 23.2 Å². The SMILES string of the molecule is CCCOc1c(Cl)cc(Cl)cc1C(CC)CCC(C)=O. The number of benzene rings is 1. The highest BCUT2D eigenvalue weighted by Gasteiger charge is 2.19. The van der Waals surface area contributed by atoms with Crippen molar-refractivity contribution in [2.24, 2.45) is 0 Å². The van der Waals surface area contributed by atoms with Crippen LogP contribution in [-0.2, 0) is 4.79 Å². The number of ether oxygens (including phenoxy) is 1. The van der Waals surface area contributed by atoms with Crippen molar-refractivity contribution in [3.63, 3.8) is 0 Å². The van der Waals surface area contributed by atoms with Gasteiger partial charge in [0.15, 0.2) is 0 Å². The topological polar surface area (TPSA) is 26.3 Å². The molecular formula is C16H22Cl2O2. The van der Waals surface area contributed by atoms with Gasteiger partial charge in [0.05, 0.1) is 11.6 Å². The highest BCUT2D eigenvalue weighted by Crippen LogP contribution is 2.39. The van der Waals surface area contributed by atoms with Crippen LogP contribution in [-0.4, -0.2) is 12.4 Å². The molecular weight excluding hydrogens is 295 g/mol. The quantitative estimate of drug-likeness (QED) is 0.620. The fraction of sp³-hybridized carbons (Fsp3) is 0.562. The monoisotopic (exact) mass is 316 g/mol. The summed E-state index contributed by atoms with van der Waals surface area (Å²) < 4.78 is 5.79. The number of hydrogen-bond donors (Lipinski definition) is 0. The summed E-state index contributed by atoms with van der Waals surface area (Å²) in [6.07, 6.45) is 3.20. The number of carbonyl (C=O) groups is 1. The Bertz CT molecular complexity index is 458. The molecule has 1 aromatic carbocycles. The molecule has 0 spiro atoms. The second kappa shape index (κ2) is 8.53. The molecule has 1 rings (SSSR count). The van der Waals surface area contributed by atoms with Crippen LogP contribution in [0.2, 0.25) is 10.0 Å². The lowest BCUT2D eigenvalue weighted by Gasteiger charge is -2.20. The largest absolute Gasteiger partial charge is 0.492 e. The minimum atomic E-state index is 0.201. The number of halogens is 2. The Labute approximate surface area is 131 Å². The molecule has 0 heterocycles. The maximum Gasteiger partial charge on any atom is 0.141 e. The minimum absolute atomic E-state index is 0.201. The molecule has 0 bridgehead atoms. The first-order chi connectivity index (χ1) is 9.49. The number of ketones is 1. The van der Waals surface area contributed by atoms with Crippen LogP contribution in [0.25, 0.3) is 0 Å². The Kier molecular flexibility index (Phi) is 7.39. The van der Waals surface area contributed by atoms with Crippen LogP contribution in [0.1, 0.15) is 57.9 Å². The van der Waals surface area contributed by atoms with Gasteiger partial charge in [-0.15, -0.1) is 0 Å². The Morgan fingerprint density at radius 3 is 2.55 bits per heavy atom. The second-order valence-electron chi connectivity index (χ2n) is 5.00. The van der Waals surface area contributed by atoms with E-state index in [2.05, 4.69) is 13.8 Å². The lowest BCUT2D eigenvalue weighted by atomic mass is 9.90. The molecule has 2 nitrogen and oxygen atoms in total. The molecule has 112 valence electrons. The van der Waals surface area contributed by atoms with Crippen LogP contribution in [0.4, 0.5) is 0 Å². The summed E-state index contributed by atoms with van der Waals surface area (Å²) in [6, 6.07) is 3.61. The fourth-order valence-corrected chi connectivity index (χ4v) is 2.76. The Hall–Kier alpha value is -0.730. The molecule has 0 fully saturated rings. The highest BCUT2D eigenvalue weighted by atomic mass is 35.5. The molecule has 0 aromatic heterocycles. The van der Waals surface area contributed by atoms with Gasteiger partial charge >= 0.3 is 0 Å². The van der Waals surface area contributed by atoms with E-state index in [1.165, 1.54) is 0 Å². The summed E-state index contributed by atoms with van der Waals surface area (Å²) in [5.41, 5.74) is 1.01. The van der Waals surface area contributed by atoms with E-state index in [4.69, 9.17) is 27.9 Å². The van der Waals surface area contributed by atoms with Gasteiger partial charge in [-0.2, -0.15) is 0 Å². The van der Waals surface area contributed by atoms with Gasteiger partial charge in [0.2, 0.25) is 0 Å². The molecule has 20 heavy (non-hydrogen) atoms. The molecule has 0 amide bonds. The van der Waals surface area contributed by atoms with Crippen LogP contribution in [0, 0.1) is 0 Å². The highest BCUT2D eigenvalue weighted by molar-refractivity contribution is 6.35. The van der Waals surface area contributed by atoms with Gasteiger partial charge in [-0.3, -0.25) is 0 Å². The first-order valence-corrected chi connectivity index (χ1v) is 7.86. The van der Waals surface area contributed by atoms with Crippen molar-refractivity contribution in [2.45, 2.75) is 52.4 Å². The van der Waals surface area contributed by atoms with Gasteiger partial charge in [0.25, 0.3) is 0 Å². The Morgan fingerprint density at radius 2 is 2.00 bits per heavy atom.